The number of hydrogen-bond acceptors (Lipinski definition) is 4. The summed E-state index contributed by atoms with van der Waals surface area (Å²) in [4.78, 5) is 27.4. The predicted molar refractivity (Wildman–Crippen MR) is 82.6 cm³/mol. The highest BCUT2D eigenvalue weighted by atomic mass is 79.9. The second kappa shape index (κ2) is 6.22. The normalized spacial score (nSPS) is 10.5. The highest BCUT2D eigenvalue weighted by molar-refractivity contribution is 9.10. The van der Waals surface area contributed by atoms with E-state index in [4.69, 9.17) is 0 Å². The number of methoxy groups -OCH3 is 1. The number of aromatic nitrogens is 2. The van der Waals surface area contributed by atoms with Crippen LogP contribution in [0, 0.1) is 13.8 Å². The van der Waals surface area contributed by atoms with E-state index in [2.05, 4.69) is 25.7 Å². The van der Waals surface area contributed by atoms with Gasteiger partial charge >= 0.3 is 11.7 Å². The van der Waals surface area contributed by atoms with E-state index in [1.54, 1.807) is 35.8 Å². The molecule has 0 radical (unpaired) electrons. The zero-order chi connectivity index (χ0) is 15.6. The Morgan fingerprint density at radius 2 is 1.90 bits per heavy atom. The van der Waals surface area contributed by atoms with Crippen LogP contribution in [-0.2, 0) is 11.3 Å². The molecule has 0 aliphatic rings. The van der Waals surface area contributed by atoms with Gasteiger partial charge in [0.25, 0.3) is 0 Å². The van der Waals surface area contributed by atoms with Crippen molar-refractivity contribution in [3.05, 3.63) is 61.7 Å². The van der Waals surface area contributed by atoms with Gasteiger partial charge in [0.1, 0.15) is 0 Å². The molecule has 0 spiro atoms. The molecule has 5 nitrogen and oxygen atoms in total. The Kier molecular flexibility index (Phi) is 4.57. The number of hydrogen-bond donors (Lipinski definition) is 0. The SMILES string of the molecule is COC(=O)c1ccc(Cn2c(C)c(Br)c(C)nc2=O)cc1. The highest BCUT2D eigenvalue weighted by Gasteiger charge is 2.10. The van der Waals surface area contributed by atoms with E-state index >= 15 is 0 Å². The monoisotopic (exact) mass is 350 g/mol. The Balaban J connectivity index is 2.33. The Morgan fingerprint density at radius 3 is 2.48 bits per heavy atom. The molecular formula is C15H15BrN2O3. The molecule has 0 fully saturated rings. The maximum atomic E-state index is 12.0. The molecule has 0 bridgehead atoms. The molecule has 0 aliphatic carbocycles. The molecule has 0 unspecified atom stereocenters. The minimum Gasteiger partial charge on any atom is -0.465 e. The van der Waals surface area contributed by atoms with Crippen LogP contribution in [0.1, 0.15) is 27.3 Å². The summed E-state index contributed by atoms with van der Waals surface area (Å²) in [6, 6.07) is 6.95. The summed E-state index contributed by atoms with van der Waals surface area (Å²) in [7, 11) is 1.34. The van der Waals surface area contributed by atoms with Crippen molar-refractivity contribution >= 4 is 21.9 Å². The first-order valence-electron chi connectivity index (χ1n) is 6.35. The molecule has 0 aliphatic heterocycles. The van der Waals surface area contributed by atoms with Crippen LogP contribution in [0.25, 0.3) is 0 Å². The first-order chi connectivity index (χ1) is 9.93. The van der Waals surface area contributed by atoms with Crippen LogP contribution in [-0.4, -0.2) is 22.6 Å². The van der Waals surface area contributed by atoms with Crippen molar-refractivity contribution in [3.63, 3.8) is 0 Å². The lowest BCUT2D eigenvalue weighted by atomic mass is 10.1. The molecule has 6 heteroatoms. The number of aryl methyl sites for hydroxylation is 1. The van der Waals surface area contributed by atoms with Gasteiger partial charge in [0.05, 0.1) is 29.4 Å². The Hall–Kier alpha value is -1.95. The van der Waals surface area contributed by atoms with Crippen molar-refractivity contribution in [2.24, 2.45) is 0 Å². The number of carbonyl (C=O) groups is 1. The maximum absolute atomic E-state index is 12.0. The van der Waals surface area contributed by atoms with Gasteiger partial charge in [-0.05, 0) is 47.5 Å². The Morgan fingerprint density at radius 1 is 1.29 bits per heavy atom. The molecule has 110 valence electrons. The summed E-state index contributed by atoms with van der Waals surface area (Å²) >= 11 is 3.43. The number of nitrogens with zero attached hydrogens (tertiary/aromatic N) is 2. The number of halogens is 1. The summed E-state index contributed by atoms with van der Waals surface area (Å²) in [5.41, 5.74) is 2.60. The maximum Gasteiger partial charge on any atom is 0.348 e. The molecule has 0 saturated heterocycles. The molecule has 1 aromatic carbocycles. The van der Waals surface area contributed by atoms with Gasteiger partial charge in [0.2, 0.25) is 0 Å². The second-order valence-corrected chi connectivity index (χ2v) is 5.45. The molecule has 2 aromatic rings. The first kappa shape index (κ1) is 15.4. The van der Waals surface area contributed by atoms with Gasteiger partial charge in [-0.3, -0.25) is 4.57 Å². The number of rotatable bonds is 3. The lowest BCUT2D eigenvalue weighted by Gasteiger charge is -2.12. The lowest BCUT2D eigenvalue weighted by Crippen LogP contribution is -2.26. The minimum absolute atomic E-state index is 0.287. The third kappa shape index (κ3) is 3.21. The quantitative estimate of drug-likeness (QED) is 0.797. The zero-order valence-electron chi connectivity index (χ0n) is 12.0. The summed E-state index contributed by atoms with van der Waals surface area (Å²) in [5.74, 6) is -0.380. The van der Waals surface area contributed by atoms with Crippen LogP contribution < -0.4 is 5.69 Å². The highest BCUT2D eigenvalue weighted by Crippen LogP contribution is 2.17. The molecule has 0 N–H and O–H groups in total. The average molecular weight is 351 g/mol. The van der Waals surface area contributed by atoms with E-state index in [1.165, 1.54) is 7.11 Å². The van der Waals surface area contributed by atoms with Crippen LogP contribution in [0.5, 0.6) is 0 Å². The Bertz CT molecular complexity index is 736. The van der Waals surface area contributed by atoms with Crippen LogP contribution in [0.3, 0.4) is 0 Å². The lowest BCUT2D eigenvalue weighted by molar-refractivity contribution is 0.0600. The fourth-order valence-electron chi connectivity index (χ4n) is 2.01. The van der Waals surface area contributed by atoms with E-state index < -0.39 is 0 Å². The van der Waals surface area contributed by atoms with Crippen molar-refractivity contribution in [1.29, 1.82) is 0 Å². The summed E-state index contributed by atoms with van der Waals surface area (Å²) in [6.07, 6.45) is 0. The summed E-state index contributed by atoms with van der Waals surface area (Å²) in [5, 5.41) is 0. The largest absolute Gasteiger partial charge is 0.465 e. The number of benzene rings is 1. The topological polar surface area (TPSA) is 61.2 Å². The standard InChI is InChI=1S/C15H15BrN2O3/c1-9-13(16)10(2)18(15(20)17-9)8-11-4-6-12(7-5-11)14(19)21-3/h4-7H,8H2,1-3H3. The van der Waals surface area contributed by atoms with Gasteiger partial charge in [-0.15, -0.1) is 0 Å². The molecule has 1 heterocycles. The molecular weight excluding hydrogens is 336 g/mol. The number of esters is 1. The molecule has 0 saturated carbocycles. The van der Waals surface area contributed by atoms with Crippen molar-refractivity contribution in [3.8, 4) is 0 Å². The first-order valence-corrected chi connectivity index (χ1v) is 7.14. The van der Waals surface area contributed by atoms with Crippen LogP contribution >= 0.6 is 15.9 Å². The van der Waals surface area contributed by atoms with Crippen molar-refractivity contribution < 1.29 is 9.53 Å². The summed E-state index contributed by atoms with van der Waals surface area (Å²) < 4.78 is 7.07. The van der Waals surface area contributed by atoms with Crippen LogP contribution in [0.2, 0.25) is 0 Å². The molecule has 1 aromatic heterocycles. The Labute approximate surface area is 130 Å². The third-order valence-corrected chi connectivity index (χ3v) is 4.40. The molecule has 0 amide bonds. The number of ether oxygens (including phenoxy) is 1. The van der Waals surface area contributed by atoms with E-state index in [0.29, 0.717) is 17.8 Å². The number of carbonyl (C=O) groups excluding carboxylic acids is 1. The minimum atomic E-state index is -0.380. The van der Waals surface area contributed by atoms with E-state index in [-0.39, 0.29) is 11.7 Å². The van der Waals surface area contributed by atoms with Crippen molar-refractivity contribution in [1.82, 2.24) is 9.55 Å². The summed E-state index contributed by atoms with van der Waals surface area (Å²) in [6.45, 7) is 4.05. The molecule has 2 rings (SSSR count). The van der Waals surface area contributed by atoms with Crippen LogP contribution in [0.15, 0.2) is 33.5 Å². The smallest absolute Gasteiger partial charge is 0.348 e. The van der Waals surface area contributed by atoms with Gasteiger partial charge in [-0.25, -0.2) is 9.59 Å². The van der Waals surface area contributed by atoms with Crippen molar-refractivity contribution in [2.75, 3.05) is 7.11 Å². The second-order valence-electron chi connectivity index (χ2n) is 4.65. The van der Waals surface area contributed by atoms with Gasteiger partial charge < -0.3 is 4.74 Å². The van der Waals surface area contributed by atoms with Gasteiger partial charge in [0.15, 0.2) is 0 Å². The average Bonchev–Trinajstić information content (AvgIpc) is 2.49. The van der Waals surface area contributed by atoms with E-state index in [1.807, 2.05) is 6.92 Å². The fraction of sp³-hybridized carbons (Fsp3) is 0.267. The van der Waals surface area contributed by atoms with E-state index in [9.17, 15) is 9.59 Å². The van der Waals surface area contributed by atoms with Gasteiger partial charge in [-0.2, -0.15) is 4.98 Å². The molecule has 0 atom stereocenters. The fourth-order valence-corrected chi connectivity index (χ4v) is 2.31. The van der Waals surface area contributed by atoms with E-state index in [0.717, 1.165) is 15.7 Å². The third-order valence-electron chi connectivity index (χ3n) is 3.25. The predicted octanol–water partition coefficient (Wildman–Crippen LogP) is 2.46. The van der Waals surface area contributed by atoms with Crippen molar-refractivity contribution in [2.45, 2.75) is 20.4 Å². The van der Waals surface area contributed by atoms with Gasteiger partial charge in [-0.1, -0.05) is 12.1 Å². The van der Waals surface area contributed by atoms with Crippen LogP contribution in [0.4, 0.5) is 0 Å². The van der Waals surface area contributed by atoms with Gasteiger partial charge in [0, 0.05) is 5.69 Å². The zero-order valence-corrected chi connectivity index (χ0v) is 13.6. The molecule has 21 heavy (non-hydrogen) atoms.